The fourth-order valence-electron chi connectivity index (χ4n) is 5.88. The van der Waals surface area contributed by atoms with E-state index >= 15 is 0 Å². The molecule has 282 valence electrons. The van der Waals surface area contributed by atoms with E-state index in [2.05, 4.69) is 58.7 Å². The third-order valence-corrected chi connectivity index (χ3v) is 11.6. The number of aromatic nitrogens is 6. The number of hydrogen-bond acceptors (Lipinski definition) is 12. The van der Waals surface area contributed by atoms with Gasteiger partial charge >= 0.3 is 35.5 Å². The smallest absolute Gasteiger partial charge is 0.870 e. The van der Waals surface area contributed by atoms with E-state index < -0.39 is 16.0 Å². The summed E-state index contributed by atoms with van der Waals surface area (Å²) in [7, 11) is -3.87. The van der Waals surface area contributed by atoms with Gasteiger partial charge in [0.2, 0.25) is 5.01 Å². The molecule has 0 aliphatic rings. The van der Waals surface area contributed by atoms with Crippen LogP contribution in [0.5, 0.6) is 0 Å². The average Bonchev–Trinajstić information content (AvgIpc) is 3.94. The first kappa shape index (κ1) is 43.6. The van der Waals surface area contributed by atoms with Crippen molar-refractivity contribution in [1.29, 1.82) is 0 Å². The van der Waals surface area contributed by atoms with Gasteiger partial charge in [-0.2, -0.15) is 0 Å². The summed E-state index contributed by atoms with van der Waals surface area (Å²) in [6.45, 7) is 12.1. The fraction of sp³-hybridized carbons (Fsp3) is 0.282. The van der Waals surface area contributed by atoms with Gasteiger partial charge in [0, 0.05) is 64.4 Å². The summed E-state index contributed by atoms with van der Waals surface area (Å²) >= 11 is 2.55. The first-order valence-corrected chi connectivity index (χ1v) is 20.4. The van der Waals surface area contributed by atoms with Gasteiger partial charge in [0.25, 0.3) is 10.0 Å². The van der Waals surface area contributed by atoms with Crippen molar-refractivity contribution in [2.45, 2.75) is 59.3 Å². The first-order chi connectivity index (χ1) is 25.3. The van der Waals surface area contributed by atoms with E-state index in [1.807, 2.05) is 23.8 Å². The molecule has 0 unspecified atom stereocenters. The number of rotatable bonds is 11. The molecule has 0 aliphatic carbocycles. The van der Waals surface area contributed by atoms with Crippen molar-refractivity contribution in [3.63, 3.8) is 0 Å². The van der Waals surface area contributed by atoms with Crippen molar-refractivity contribution in [3.05, 3.63) is 99.2 Å². The van der Waals surface area contributed by atoms with Crippen molar-refractivity contribution < 1.29 is 57.8 Å². The Hall–Kier alpha value is -4.09. The molecule has 0 aliphatic heterocycles. The van der Waals surface area contributed by atoms with E-state index in [0.717, 1.165) is 52.0 Å². The number of carbonyl (C=O) groups excluding carboxylic acids is 2. The Morgan fingerprint density at radius 3 is 2.04 bits per heavy atom. The van der Waals surface area contributed by atoms with Gasteiger partial charge in [-0.25, -0.2) is 37.1 Å². The van der Waals surface area contributed by atoms with Crippen LogP contribution in [0, 0.1) is 11.8 Å². The second-order valence-corrected chi connectivity index (χ2v) is 16.9. The third-order valence-electron chi connectivity index (χ3n) is 8.16. The molecule has 7 rings (SSSR count). The summed E-state index contributed by atoms with van der Waals surface area (Å²) in [5.74, 6) is 0.519. The Morgan fingerprint density at radius 2 is 1.44 bits per heavy atom. The number of carbonyl (C=O) groups is 2. The molecule has 0 radical (unpaired) electrons. The Balaban J connectivity index is 0.000000255. The summed E-state index contributed by atoms with van der Waals surface area (Å²) in [6, 6.07) is 12.4. The number of ether oxygens (including phenoxy) is 1. The van der Waals surface area contributed by atoms with Gasteiger partial charge in [-0.05, 0) is 67.0 Å². The van der Waals surface area contributed by atoms with E-state index in [1.165, 1.54) is 27.1 Å². The number of pyridine rings is 2. The SMILES string of the molecule is CC(=O)c1nc(-c2c[nH]c3ncc(CC(C)C)cc23)cs1.CCOC(=O)c1nc(-c2cn(S(=O)(=O)c3ccccc3)c3ncc(CC(C)C)cc23)cs1.[Na+].[OH-]. The minimum atomic E-state index is -3.87. The molecule has 16 heteroatoms. The van der Waals surface area contributed by atoms with Crippen molar-refractivity contribution >= 4 is 66.5 Å². The van der Waals surface area contributed by atoms with Crippen LogP contribution in [0.2, 0.25) is 0 Å². The van der Waals surface area contributed by atoms with Crippen molar-refractivity contribution in [3.8, 4) is 22.5 Å². The summed E-state index contributed by atoms with van der Waals surface area (Å²) in [5.41, 5.74) is 6.35. The zero-order valence-corrected chi connectivity index (χ0v) is 36.2. The van der Waals surface area contributed by atoms with Gasteiger partial charge < -0.3 is 15.2 Å². The molecule has 1 aromatic carbocycles. The van der Waals surface area contributed by atoms with E-state index in [9.17, 15) is 18.0 Å². The van der Waals surface area contributed by atoms with Gasteiger partial charge in [-0.1, -0.05) is 45.9 Å². The van der Waals surface area contributed by atoms with Crippen molar-refractivity contribution in [2.75, 3.05) is 6.61 Å². The largest absolute Gasteiger partial charge is 1.00 e. The maximum atomic E-state index is 13.4. The summed E-state index contributed by atoms with van der Waals surface area (Å²) in [5, 5.41) is 6.16. The molecule has 0 bridgehead atoms. The number of ketones is 1. The molecular weight excluding hydrogens is 768 g/mol. The maximum absolute atomic E-state index is 13.4. The van der Waals surface area contributed by atoms with Gasteiger partial charge in [-0.3, -0.25) is 4.79 Å². The van der Waals surface area contributed by atoms with Crippen molar-refractivity contribution in [1.82, 2.24) is 28.9 Å². The number of benzene rings is 1. The van der Waals surface area contributed by atoms with Gasteiger partial charge in [0.05, 0.1) is 22.9 Å². The first-order valence-electron chi connectivity index (χ1n) is 17.2. The van der Waals surface area contributed by atoms with E-state index in [4.69, 9.17) is 4.74 Å². The number of nitrogens with one attached hydrogen (secondary N) is 1. The number of esters is 1. The quantitative estimate of drug-likeness (QED) is 0.0970. The molecular formula is C39H41N6NaO6S3. The molecule has 0 amide bonds. The molecule has 0 atom stereocenters. The van der Waals surface area contributed by atoms with Crippen LogP contribution in [0.4, 0.5) is 0 Å². The average molecular weight is 809 g/mol. The summed E-state index contributed by atoms with van der Waals surface area (Å²) < 4.78 is 33.0. The molecule has 0 spiro atoms. The molecule has 6 heterocycles. The molecule has 6 aromatic heterocycles. The maximum Gasteiger partial charge on any atom is 1.00 e. The number of thiazole rings is 2. The van der Waals surface area contributed by atoms with Crippen LogP contribution < -0.4 is 29.6 Å². The molecule has 0 saturated carbocycles. The molecule has 12 nitrogen and oxygen atoms in total. The van der Waals surface area contributed by atoms with Crippen molar-refractivity contribution in [2.24, 2.45) is 11.8 Å². The molecule has 7 aromatic rings. The van der Waals surface area contributed by atoms with E-state index in [0.29, 0.717) is 39.1 Å². The number of fused-ring (bicyclic) bond motifs is 2. The Kier molecular flexibility index (Phi) is 14.8. The van der Waals surface area contributed by atoms with Crippen LogP contribution in [0.3, 0.4) is 0 Å². The van der Waals surface area contributed by atoms with E-state index in [1.54, 1.807) is 55.8 Å². The number of nitrogens with zero attached hydrogens (tertiary/aromatic N) is 5. The number of H-pyrrole nitrogens is 1. The molecule has 55 heavy (non-hydrogen) atoms. The monoisotopic (exact) mass is 808 g/mol. The molecule has 0 saturated heterocycles. The topological polar surface area (TPSA) is 180 Å². The zero-order valence-electron chi connectivity index (χ0n) is 31.7. The van der Waals surface area contributed by atoms with E-state index in [-0.39, 0.29) is 57.3 Å². The molecule has 2 N–H and O–H groups in total. The minimum absolute atomic E-state index is 0. The Morgan fingerprint density at radius 1 is 0.855 bits per heavy atom. The van der Waals surface area contributed by atoms with Crippen LogP contribution in [0.25, 0.3) is 44.6 Å². The molecule has 0 fully saturated rings. The summed E-state index contributed by atoms with van der Waals surface area (Å²) in [4.78, 5) is 44.6. The van der Waals surface area contributed by atoms with Crippen LogP contribution in [0.1, 0.15) is 72.3 Å². The number of Topliss-reactive ketones (excluding diaryl/α,β-unsaturated/α-hetero) is 1. The number of aromatic amines is 1. The second kappa shape index (κ2) is 18.7. The minimum Gasteiger partial charge on any atom is -0.870 e. The normalized spacial score (nSPS) is 11.3. The van der Waals surface area contributed by atoms with Gasteiger partial charge in [0.15, 0.2) is 16.4 Å². The third kappa shape index (κ3) is 9.84. The fourth-order valence-corrected chi connectivity index (χ4v) is 8.66. The number of hydrogen-bond donors (Lipinski definition) is 1. The standard InChI is InChI=1S/C23H23N3O4S2.C16H17N3OS.Na.H2O/c1-4-30-23(27)22-25-20(14-31-22)19-13-26(32(28,29)17-8-6-5-7-9-17)21-18(19)11-16(12-24-21)10-15(2)3;1-9(2)4-11-5-12-13(7-18-15(12)17-6-11)14-8-21-16(19-14)10(3)20;;/h5-9,11-15H,4,10H2,1-3H3;5-9H,4H2,1-3H3,(H,17,18);;1H2/q;;+1;/p-1. The van der Waals surface area contributed by atoms with Crippen LogP contribution in [-0.2, 0) is 27.6 Å². The zero-order chi connectivity index (χ0) is 37.9. The van der Waals surface area contributed by atoms with Crippen LogP contribution in [-0.4, -0.2) is 61.1 Å². The summed E-state index contributed by atoms with van der Waals surface area (Å²) in [6.07, 6.45) is 8.89. The Bertz CT molecular complexity index is 2520. The van der Waals surface area contributed by atoms with Crippen LogP contribution in [0.15, 0.2) is 82.9 Å². The second-order valence-electron chi connectivity index (χ2n) is 13.4. The van der Waals surface area contributed by atoms with Gasteiger partial charge in [0.1, 0.15) is 5.65 Å². The Labute approximate surface area is 350 Å². The van der Waals surface area contributed by atoms with Gasteiger partial charge in [-0.15, -0.1) is 22.7 Å². The van der Waals surface area contributed by atoms with Crippen LogP contribution >= 0.6 is 22.7 Å². The predicted octanol–water partition coefficient (Wildman–Crippen LogP) is 5.69. The predicted molar refractivity (Wildman–Crippen MR) is 212 cm³/mol.